The maximum Gasteiger partial charge on any atom is 0.310 e. The Labute approximate surface area is 123 Å². The van der Waals surface area contributed by atoms with Crippen LogP contribution < -0.4 is 5.32 Å². The van der Waals surface area contributed by atoms with Crippen molar-refractivity contribution >= 4 is 11.9 Å². The fourth-order valence-electron chi connectivity index (χ4n) is 2.98. The molecule has 0 bridgehead atoms. The van der Waals surface area contributed by atoms with E-state index in [0.29, 0.717) is 18.4 Å². The molecule has 0 radical (unpaired) electrons. The smallest absolute Gasteiger partial charge is 0.310 e. The number of hydrogen-bond donors (Lipinski definition) is 2. The highest BCUT2D eigenvalue weighted by molar-refractivity contribution is 5.85. The van der Waals surface area contributed by atoms with Crippen molar-refractivity contribution in [1.82, 2.24) is 5.32 Å². The average Bonchev–Trinajstić information content (AvgIpc) is 2.88. The molecule has 0 spiro atoms. The molecule has 0 aliphatic heterocycles. The number of carboxylic acids is 1. The molecule has 21 heavy (non-hydrogen) atoms. The van der Waals surface area contributed by atoms with Gasteiger partial charge in [-0.05, 0) is 37.5 Å². The SMILES string of the molecule is C[C@@H](NC(=O)CC1(C(=O)O)CCCC1)c1cccc(F)c1. The normalized spacial score (nSPS) is 18.2. The van der Waals surface area contributed by atoms with Gasteiger partial charge in [-0.25, -0.2) is 4.39 Å². The van der Waals surface area contributed by atoms with Crippen LogP contribution in [0.2, 0.25) is 0 Å². The lowest BCUT2D eigenvalue weighted by atomic mass is 9.82. The Kier molecular flexibility index (Phi) is 4.60. The maximum atomic E-state index is 13.2. The van der Waals surface area contributed by atoms with Gasteiger partial charge in [0.1, 0.15) is 5.82 Å². The molecule has 1 fully saturated rings. The quantitative estimate of drug-likeness (QED) is 0.877. The van der Waals surface area contributed by atoms with Crippen LogP contribution in [0.4, 0.5) is 4.39 Å². The summed E-state index contributed by atoms with van der Waals surface area (Å²) in [6.07, 6.45) is 2.77. The molecular weight excluding hydrogens is 273 g/mol. The van der Waals surface area contributed by atoms with Gasteiger partial charge in [0.2, 0.25) is 5.91 Å². The molecule has 1 saturated carbocycles. The Balaban J connectivity index is 1.99. The molecule has 0 aromatic heterocycles. The molecule has 5 heteroatoms. The molecule has 1 aliphatic carbocycles. The van der Waals surface area contributed by atoms with Crippen LogP contribution in [0.25, 0.3) is 0 Å². The summed E-state index contributed by atoms with van der Waals surface area (Å²) in [4.78, 5) is 23.5. The van der Waals surface area contributed by atoms with Gasteiger partial charge in [0.15, 0.2) is 0 Å². The van der Waals surface area contributed by atoms with E-state index in [9.17, 15) is 19.1 Å². The van der Waals surface area contributed by atoms with Crippen molar-refractivity contribution in [3.63, 3.8) is 0 Å². The average molecular weight is 293 g/mol. The summed E-state index contributed by atoms with van der Waals surface area (Å²) < 4.78 is 13.2. The van der Waals surface area contributed by atoms with E-state index in [2.05, 4.69) is 5.32 Å². The Morgan fingerprint density at radius 2 is 2.05 bits per heavy atom. The van der Waals surface area contributed by atoms with Crippen LogP contribution in [0.15, 0.2) is 24.3 Å². The van der Waals surface area contributed by atoms with Gasteiger partial charge in [-0.3, -0.25) is 9.59 Å². The third kappa shape index (κ3) is 3.60. The van der Waals surface area contributed by atoms with Crippen LogP contribution in [-0.4, -0.2) is 17.0 Å². The summed E-state index contributed by atoms with van der Waals surface area (Å²) in [6, 6.07) is 5.68. The topological polar surface area (TPSA) is 66.4 Å². The molecular formula is C16H20FNO3. The summed E-state index contributed by atoms with van der Waals surface area (Å²) in [5.74, 6) is -1.55. The number of nitrogens with one attached hydrogen (secondary N) is 1. The molecule has 1 aromatic carbocycles. The van der Waals surface area contributed by atoms with Crippen LogP contribution in [0, 0.1) is 11.2 Å². The minimum Gasteiger partial charge on any atom is -0.481 e. The zero-order chi connectivity index (χ0) is 15.5. The first kappa shape index (κ1) is 15.5. The predicted octanol–water partition coefficient (Wildman–Crippen LogP) is 3.04. The number of carbonyl (C=O) groups is 2. The first-order valence-electron chi connectivity index (χ1n) is 7.21. The van der Waals surface area contributed by atoms with Gasteiger partial charge in [0.25, 0.3) is 0 Å². The van der Waals surface area contributed by atoms with E-state index in [0.717, 1.165) is 12.8 Å². The minimum atomic E-state index is -0.925. The van der Waals surface area contributed by atoms with Gasteiger partial charge in [-0.15, -0.1) is 0 Å². The number of hydrogen-bond acceptors (Lipinski definition) is 2. The fraction of sp³-hybridized carbons (Fsp3) is 0.500. The first-order chi connectivity index (χ1) is 9.93. The zero-order valence-electron chi connectivity index (χ0n) is 12.1. The zero-order valence-corrected chi connectivity index (χ0v) is 12.1. The molecule has 1 atom stereocenters. The Morgan fingerprint density at radius 1 is 1.38 bits per heavy atom. The Hall–Kier alpha value is -1.91. The number of aliphatic carboxylic acids is 1. The van der Waals surface area contributed by atoms with E-state index >= 15 is 0 Å². The summed E-state index contributed by atoms with van der Waals surface area (Å²) in [7, 11) is 0. The molecule has 1 amide bonds. The van der Waals surface area contributed by atoms with Gasteiger partial charge in [-0.2, -0.15) is 0 Å². The number of carbonyl (C=O) groups excluding carboxylic acids is 1. The second kappa shape index (κ2) is 6.24. The predicted molar refractivity (Wildman–Crippen MR) is 76.1 cm³/mol. The summed E-state index contributed by atoms with van der Waals surface area (Å²) in [5.41, 5.74) is -0.259. The van der Waals surface area contributed by atoms with Crippen LogP contribution in [0.5, 0.6) is 0 Å². The van der Waals surface area contributed by atoms with E-state index in [1.165, 1.54) is 12.1 Å². The molecule has 2 N–H and O–H groups in total. The van der Waals surface area contributed by atoms with Crippen molar-refractivity contribution in [3.05, 3.63) is 35.6 Å². The van der Waals surface area contributed by atoms with Crippen LogP contribution in [-0.2, 0) is 9.59 Å². The minimum absolute atomic E-state index is 0.0119. The van der Waals surface area contributed by atoms with Crippen molar-refractivity contribution in [2.45, 2.75) is 45.1 Å². The van der Waals surface area contributed by atoms with E-state index in [4.69, 9.17) is 0 Å². The molecule has 0 unspecified atom stereocenters. The molecule has 1 aliphatic rings. The third-order valence-corrected chi connectivity index (χ3v) is 4.24. The van der Waals surface area contributed by atoms with E-state index < -0.39 is 11.4 Å². The lowest BCUT2D eigenvalue weighted by Crippen LogP contribution is -2.36. The number of amides is 1. The number of halogens is 1. The van der Waals surface area contributed by atoms with Crippen LogP contribution in [0.1, 0.15) is 50.6 Å². The summed E-state index contributed by atoms with van der Waals surface area (Å²) >= 11 is 0. The third-order valence-electron chi connectivity index (χ3n) is 4.24. The van der Waals surface area contributed by atoms with E-state index in [-0.39, 0.29) is 24.2 Å². The van der Waals surface area contributed by atoms with Crippen molar-refractivity contribution < 1.29 is 19.1 Å². The largest absolute Gasteiger partial charge is 0.481 e. The van der Waals surface area contributed by atoms with Gasteiger partial charge in [-0.1, -0.05) is 25.0 Å². The lowest BCUT2D eigenvalue weighted by molar-refractivity contribution is -0.151. The Morgan fingerprint density at radius 3 is 2.62 bits per heavy atom. The monoisotopic (exact) mass is 293 g/mol. The van der Waals surface area contributed by atoms with Crippen molar-refractivity contribution in [3.8, 4) is 0 Å². The highest BCUT2D eigenvalue weighted by Crippen LogP contribution is 2.41. The molecule has 0 heterocycles. The highest BCUT2D eigenvalue weighted by atomic mass is 19.1. The van der Waals surface area contributed by atoms with E-state index in [1.54, 1.807) is 19.1 Å². The molecule has 1 aromatic rings. The lowest BCUT2D eigenvalue weighted by Gasteiger charge is -2.24. The molecule has 4 nitrogen and oxygen atoms in total. The van der Waals surface area contributed by atoms with Crippen molar-refractivity contribution in [1.29, 1.82) is 0 Å². The number of carboxylic acid groups (broad SMARTS) is 1. The van der Waals surface area contributed by atoms with E-state index in [1.807, 2.05) is 0 Å². The second-order valence-electron chi connectivity index (χ2n) is 5.81. The highest BCUT2D eigenvalue weighted by Gasteiger charge is 2.43. The fourth-order valence-corrected chi connectivity index (χ4v) is 2.98. The van der Waals surface area contributed by atoms with Crippen LogP contribution in [0.3, 0.4) is 0 Å². The van der Waals surface area contributed by atoms with Gasteiger partial charge >= 0.3 is 5.97 Å². The molecule has 2 rings (SSSR count). The maximum absolute atomic E-state index is 13.2. The molecule has 0 saturated heterocycles. The summed E-state index contributed by atoms with van der Waals surface area (Å²) in [5, 5.41) is 12.1. The second-order valence-corrected chi connectivity index (χ2v) is 5.81. The number of rotatable bonds is 5. The van der Waals surface area contributed by atoms with Gasteiger partial charge in [0, 0.05) is 6.42 Å². The standard InChI is InChI=1S/C16H20FNO3/c1-11(12-5-4-6-13(17)9-12)18-14(19)10-16(15(20)21)7-2-3-8-16/h4-6,9,11H,2-3,7-8,10H2,1H3,(H,18,19)(H,20,21)/t11-/m1/s1. The number of benzene rings is 1. The van der Waals surface area contributed by atoms with Crippen LogP contribution >= 0.6 is 0 Å². The van der Waals surface area contributed by atoms with Gasteiger partial charge in [0.05, 0.1) is 11.5 Å². The molecule has 114 valence electrons. The summed E-state index contributed by atoms with van der Waals surface area (Å²) in [6.45, 7) is 1.76. The first-order valence-corrected chi connectivity index (χ1v) is 7.21. The van der Waals surface area contributed by atoms with Crippen molar-refractivity contribution in [2.24, 2.45) is 5.41 Å². The Bertz CT molecular complexity index is 538. The van der Waals surface area contributed by atoms with Crippen molar-refractivity contribution in [2.75, 3.05) is 0 Å². The van der Waals surface area contributed by atoms with Gasteiger partial charge < -0.3 is 10.4 Å².